The smallest absolute Gasteiger partial charge is 0.488 e. The molecular weight excluding hydrogens is 410 g/mol. The summed E-state index contributed by atoms with van der Waals surface area (Å²) in [5, 5.41) is 26.2. The summed E-state index contributed by atoms with van der Waals surface area (Å²) in [6.07, 6.45) is 0.585. The van der Waals surface area contributed by atoms with Crippen LogP contribution in [0.1, 0.15) is 17.5 Å². The summed E-state index contributed by atoms with van der Waals surface area (Å²) in [7, 11) is -1.39. The van der Waals surface area contributed by atoms with Crippen LogP contribution in [0.3, 0.4) is 0 Å². The van der Waals surface area contributed by atoms with Crippen LogP contribution in [-0.2, 0) is 22.9 Å². The second-order valence-electron chi connectivity index (χ2n) is 7.26. The van der Waals surface area contributed by atoms with Gasteiger partial charge in [0, 0.05) is 31.3 Å². The van der Waals surface area contributed by atoms with Crippen LogP contribution in [0.15, 0.2) is 48.5 Å². The number of quaternary nitrogens is 1. The third kappa shape index (κ3) is 5.55. The van der Waals surface area contributed by atoms with Gasteiger partial charge in [0.05, 0.1) is 23.4 Å². The Balaban J connectivity index is 1.54. The maximum atomic E-state index is 12.3. The quantitative estimate of drug-likeness (QED) is 0.297. The number of nitrogens with one attached hydrogen (secondary N) is 2. The zero-order valence-corrected chi connectivity index (χ0v) is 17.4. The second-order valence-corrected chi connectivity index (χ2v) is 9.48. The van der Waals surface area contributed by atoms with Crippen molar-refractivity contribution in [3.8, 4) is 5.75 Å². The lowest BCUT2D eigenvalue weighted by Crippen LogP contribution is -2.53. The van der Waals surface area contributed by atoms with E-state index in [9.17, 15) is 23.6 Å². The third-order valence-corrected chi connectivity index (χ3v) is 6.78. The summed E-state index contributed by atoms with van der Waals surface area (Å²) in [4.78, 5) is 10.3. The summed E-state index contributed by atoms with van der Waals surface area (Å²) < 4.78 is 28.1. The van der Waals surface area contributed by atoms with Crippen molar-refractivity contribution >= 4 is 21.6 Å². The minimum Gasteiger partial charge on any atom is -0.497 e. The molecule has 1 unspecified atom stereocenters. The van der Waals surface area contributed by atoms with Crippen LogP contribution in [0.4, 0.5) is 10.5 Å². The van der Waals surface area contributed by atoms with Gasteiger partial charge in [-0.25, -0.2) is 8.42 Å². The van der Waals surface area contributed by atoms with E-state index in [1.807, 2.05) is 0 Å². The fourth-order valence-electron chi connectivity index (χ4n) is 3.19. The summed E-state index contributed by atoms with van der Waals surface area (Å²) in [5.41, 5.74) is 1.59. The van der Waals surface area contributed by atoms with Crippen LogP contribution < -0.4 is 20.2 Å². The fourth-order valence-corrected chi connectivity index (χ4v) is 4.90. The fraction of sp³-hybridized carbons (Fsp3) is 0.350. The van der Waals surface area contributed by atoms with Crippen molar-refractivity contribution in [1.82, 2.24) is 15.4 Å². The zero-order valence-electron chi connectivity index (χ0n) is 16.6. The predicted octanol–water partition coefficient (Wildman–Crippen LogP) is 1.97. The number of benzene rings is 2. The molecule has 1 fully saturated rings. The minimum absolute atomic E-state index is 0.0191. The monoisotopic (exact) mass is 436 g/mol. The Morgan fingerprint density at radius 2 is 1.67 bits per heavy atom. The van der Waals surface area contributed by atoms with Crippen LogP contribution in [0, 0.1) is 0 Å². The molecule has 3 rings (SSSR count). The lowest BCUT2D eigenvalue weighted by Gasteiger charge is -2.18. The number of hydrogen-bond donors (Lipinski definition) is 4. The van der Waals surface area contributed by atoms with Crippen molar-refractivity contribution < 1.29 is 28.4 Å². The Bertz CT molecular complexity index is 975. The van der Waals surface area contributed by atoms with Gasteiger partial charge in [-0.05, 0) is 29.7 Å². The summed E-state index contributed by atoms with van der Waals surface area (Å²) in [6, 6.07) is 12.1. The Morgan fingerprint density at radius 1 is 1.07 bits per heavy atom. The van der Waals surface area contributed by atoms with E-state index < -0.39 is 20.7 Å². The first-order chi connectivity index (χ1) is 14.2. The highest BCUT2D eigenvalue weighted by molar-refractivity contribution is 7.91. The predicted molar refractivity (Wildman–Crippen MR) is 111 cm³/mol. The van der Waals surface area contributed by atoms with E-state index in [1.54, 1.807) is 43.5 Å². The van der Waals surface area contributed by atoms with Crippen LogP contribution in [0.5, 0.6) is 5.75 Å². The maximum absolute atomic E-state index is 12.3. The van der Waals surface area contributed by atoms with Crippen LogP contribution in [0.25, 0.3) is 0 Å². The third-order valence-electron chi connectivity index (χ3n) is 5.01. The molecular formula is C20H26N3O6S+. The Kier molecular flexibility index (Phi) is 6.74. The summed E-state index contributed by atoms with van der Waals surface area (Å²) in [6.45, 7) is 0.567. The van der Waals surface area contributed by atoms with Crippen molar-refractivity contribution in [3.05, 3.63) is 59.7 Å². The first kappa shape index (κ1) is 22.2. The number of methoxy groups -OCH3 is 1. The standard InChI is InChI=1S/C20H25N3O6S/c1-29-19-8-4-16(5-9-19)13-22-20(24)23(25,26)18-6-2-15(3-7-18)12-21-17-10-11-30(27,28)14-17/h2-9,17,21,25-26H,10-14H2,1H3/p+1. The molecule has 0 aromatic heterocycles. The molecule has 1 aliphatic heterocycles. The van der Waals surface area contributed by atoms with Gasteiger partial charge in [0.25, 0.3) is 0 Å². The van der Waals surface area contributed by atoms with Crippen LogP contribution >= 0.6 is 0 Å². The van der Waals surface area contributed by atoms with Gasteiger partial charge in [-0.3, -0.25) is 5.32 Å². The molecule has 0 aliphatic carbocycles. The molecule has 4 N–H and O–H groups in total. The molecule has 2 amide bonds. The molecule has 9 nitrogen and oxygen atoms in total. The van der Waals surface area contributed by atoms with Crippen molar-refractivity contribution in [2.24, 2.45) is 0 Å². The molecule has 0 radical (unpaired) electrons. The van der Waals surface area contributed by atoms with E-state index in [4.69, 9.17) is 4.74 Å². The highest BCUT2D eigenvalue weighted by Gasteiger charge is 2.37. The van der Waals surface area contributed by atoms with Gasteiger partial charge >= 0.3 is 6.03 Å². The van der Waals surface area contributed by atoms with Gasteiger partial charge in [-0.1, -0.05) is 24.3 Å². The van der Waals surface area contributed by atoms with E-state index in [0.29, 0.717) is 18.7 Å². The number of amides is 2. The molecule has 0 bridgehead atoms. The number of urea groups is 1. The molecule has 1 saturated heterocycles. The zero-order chi connectivity index (χ0) is 21.8. The molecule has 1 heterocycles. The number of ether oxygens (including phenoxy) is 1. The Morgan fingerprint density at radius 3 is 2.23 bits per heavy atom. The molecule has 1 aliphatic rings. The maximum Gasteiger partial charge on any atom is 0.488 e. The average Bonchev–Trinajstić information content (AvgIpc) is 3.09. The molecule has 30 heavy (non-hydrogen) atoms. The van der Waals surface area contributed by atoms with Gasteiger partial charge in [-0.2, -0.15) is 15.2 Å². The Labute approximate surface area is 175 Å². The highest BCUT2D eigenvalue weighted by Crippen LogP contribution is 2.20. The van der Waals surface area contributed by atoms with Gasteiger partial charge in [0.1, 0.15) is 5.75 Å². The number of nitrogens with zero attached hydrogens (tertiary/aromatic N) is 1. The number of hydroxylamine groups is 2. The normalized spacial score (nSPS) is 18.2. The number of hydrogen-bond acceptors (Lipinski definition) is 7. The summed E-state index contributed by atoms with van der Waals surface area (Å²) in [5.74, 6) is 1.01. The molecule has 2 aromatic rings. The first-order valence-corrected chi connectivity index (χ1v) is 11.3. The molecule has 162 valence electrons. The van der Waals surface area contributed by atoms with Crippen molar-refractivity contribution in [2.45, 2.75) is 25.6 Å². The number of carbonyl (C=O) groups is 1. The lowest BCUT2D eigenvalue weighted by atomic mass is 10.2. The molecule has 2 aromatic carbocycles. The summed E-state index contributed by atoms with van der Waals surface area (Å²) >= 11 is 0. The van der Waals surface area contributed by atoms with Gasteiger partial charge in [-0.15, -0.1) is 0 Å². The molecule has 1 atom stereocenters. The van der Waals surface area contributed by atoms with Crippen molar-refractivity contribution in [3.63, 3.8) is 0 Å². The van der Waals surface area contributed by atoms with E-state index >= 15 is 0 Å². The number of rotatable bonds is 7. The molecule has 0 spiro atoms. The minimum atomic E-state index is -2.95. The number of carbonyl (C=O) groups excluding carboxylic acids is 1. The lowest BCUT2D eigenvalue weighted by molar-refractivity contribution is -0.244. The molecule has 0 saturated carbocycles. The largest absolute Gasteiger partial charge is 0.497 e. The van der Waals surface area contributed by atoms with Gasteiger partial charge in [0.15, 0.2) is 9.84 Å². The van der Waals surface area contributed by atoms with Crippen molar-refractivity contribution in [1.29, 1.82) is 0 Å². The topological polar surface area (TPSA) is 125 Å². The number of sulfone groups is 1. The second kappa shape index (κ2) is 9.11. The van der Waals surface area contributed by atoms with E-state index in [1.165, 1.54) is 12.1 Å². The van der Waals surface area contributed by atoms with Crippen LogP contribution in [-0.4, -0.2) is 49.5 Å². The Hall–Kier alpha value is -2.50. The van der Waals surface area contributed by atoms with E-state index in [-0.39, 0.29) is 29.8 Å². The average molecular weight is 437 g/mol. The van der Waals surface area contributed by atoms with Crippen LogP contribution in [0.2, 0.25) is 0 Å². The highest BCUT2D eigenvalue weighted by atomic mass is 32.2. The first-order valence-electron chi connectivity index (χ1n) is 9.49. The van der Waals surface area contributed by atoms with Crippen molar-refractivity contribution in [2.75, 3.05) is 18.6 Å². The molecule has 10 heteroatoms. The SMILES string of the molecule is COc1ccc(CNC(=O)[N+](O)(O)c2ccc(CNC3CCS(=O)(=O)C3)cc2)cc1. The van der Waals surface area contributed by atoms with E-state index in [2.05, 4.69) is 10.6 Å². The van der Waals surface area contributed by atoms with Gasteiger partial charge in [0.2, 0.25) is 5.69 Å². The van der Waals surface area contributed by atoms with Gasteiger partial charge < -0.3 is 10.1 Å². The van der Waals surface area contributed by atoms with E-state index in [0.717, 1.165) is 11.1 Å².